The lowest BCUT2D eigenvalue weighted by Crippen LogP contribution is -2.43. The summed E-state index contributed by atoms with van der Waals surface area (Å²) in [4.78, 5) is 0. The molecule has 0 spiro atoms. The van der Waals surface area contributed by atoms with Crippen LogP contribution in [0.25, 0.3) is 0 Å². The Kier molecular flexibility index (Phi) is 3.60. The summed E-state index contributed by atoms with van der Waals surface area (Å²) in [5.41, 5.74) is 0. The van der Waals surface area contributed by atoms with Crippen LogP contribution in [0, 0.1) is 0 Å². The summed E-state index contributed by atoms with van der Waals surface area (Å²) < 4.78 is 28.9. The molecule has 1 N–H and O–H groups in total. The second-order valence-corrected chi connectivity index (χ2v) is 6.10. The first-order valence-electron chi connectivity index (χ1n) is 7.40. The van der Waals surface area contributed by atoms with Gasteiger partial charge in [0, 0.05) is 0 Å². The van der Waals surface area contributed by atoms with Crippen LogP contribution >= 0.6 is 0 Å². The highest BCUT2D eigenvalue weighted by Crippen LogP contribution is 2.42. The molecule has 3 aliphatic rings. The van der Waals surface area contributed by atoms with Crippen LogP contribution < -0.4 is 0 Å². The van der Waals surface area contributed by atoms with Crippen LogP contribution in [0.4, 0.5) is 0 Å². The van der Waals surface area contributed by atoms with Gasteiger partial charge in [-0.1, -0.05) is 13.8 Å². The Labute approximate surface area is 119 Å². The van der Waals surface area contributed by atoms with Gasteiger partial charge in [0.2, 0.25) is 0 Å². The van der Waals surface area contributed by atoms with Gasteiger partial charge in [0.15, 0.2) is 17.9 Å². The largest absolute Gasteiger partial charge is 0.387 e. The average molecular weight is 288 g/mol. The molecule has 3 heterocycles. The molecule has 0 bridgehead atoms. The van der Waals surface area contributed by atoms with E-state index in [-0.39, 0.29) is 6.10 Å². The minimum absolute atomic E-state index is 0.291. The van der Waals surface area contributed by atoms with Crippen molar-refractivity contribution in [2.75, 3.05) is 6.61 Å². The quantitative estimate of drug-likeness (QED) is 0.840. The number of fused-ring (bicyclic) bond motifs is 1. The second-order valence-electron chi connectivity index (χ2n) is 6.10. The maximum absolute atomic E-state index is 10.4. The third-order valence-corrected chi connectivity index (χ3v) is 4.59. The van der Waals surface area contributed by atoms with Crippen LogP contribution in [-0.2, 0) is 23.7 Å². The highest BCUT2D eigenvalue weighted by atomic mass is 16.8. The number of hydrogen-bond donors (Lipinski definition) is 1. The number of ether oxygens (including phenoxy) is 5. The Balaban J connectivity index is 1.66. The zero-order valence-corrected chi connectivity index (χ0v) is 12.5. The summed E-state index contributed by atoms with van der Waals surface area (Å²) in [6.07, 6.45) is -1.06. The van der Waals surface area contributed by atoms with Crippen molar-refractivity contribution in [3.63, 3.8) is 0 Å². The fourth-order valence-corrected chi connectivity index (χ4v) is 2.91. The highest BCUT2D eigenvalue weighted by Gasteiger charge is 2.58. The van der Waals surface area contributed by atoms with E-state index in [1.165, 1.54) is 0 Å². The second kappa shape index (κ2) is 4.90. The molecule has 6 nitrogen and oxygen atoms in total. The maximum atomic E-state index is 10.4. The normalized spacial score (nSPS) is 55.4. The summed E-state index contributed by atoms with van der Waals surface area (Å²) in [6, 6.07) is 0. The van der Waals surface area contributed by atoms with Crippen LogP contribution in [0.3, 0.4) is 0 Å². The number of aliphatic hydroxyl groups excluding tert-OH is 1. The van der Waals surface area contributed by atoms with Gasteiger partial charge in [-0.3, -0.25) is 0 Å². The van der Waals surface area contributed by atoms with Crippen molar-refractivity contribution in [3.05, 3.63) is 0 Å². The monoisotopic (exact) mass is 288 g/mol. The number of aliphatic hydroxyl groups is 1. The third kappa shape index (κ3) is 2.28. The van der Waals surface area contributed by atoms with E-state index in [9.17, 15) is 5.11 Å². The molecule has 0 aromatic rings. The van der Waals surface area contributed by atoms with E-state index in [0.717, 1.165) is 6.42 Å². The van der Waals surface area contributed by atoms with Crippen LogP contribution in [0.2, 0.25) is 0 Å². The lowest BCUT2D eigenvalue weighted by atomic mass is 10.1. The molecule has 0 saturated carbocycles. The van der Waals surface area contributed by atoms with Crippen molar-refractivity contribution in [2.45, 2.75) is 82.8 Å². The Morgan fingerprint density at radius 2 is 1.70 bits per heavy atom. The van der Waals surface area contributed by atoms with Crippen molar-refractivity contribution in [1.82, 2.24) is 0 Å². The van der Waals surface area contributed by atoms with Crippen molar-refractivity contribution in [2.24, 2.45) is 0 Å². The van der Waals surface area contributed by atoms with Crippen molar-refractivity contribution < 1.29 is 28.8 Å². The van der Waals surface area contributed by atoms with Crippen molar-refractivity contribution in [1.29, 1.82) is 0 Å². The smallest absolute Gasteiger partial charge is 0.190 e. The molecule has 0 aromatic heterocycles. The van der Waals surface area contributed by atoms with E-state index in [1.54, 1.807) is 0 Å². The van der Waals surface area contributed by atoms with Crippen LogP contribution in [0.5, 0.6) is 0 Å². The fraction of sp³-hybridized carbons (Fsp3) is 1.00. The van der Waals surface area contributed by atoms with E-state index in [2.05, 4.69) is 0 Å². The molecule has 3 rings (SSSR count). The molecule has 0 amide bonds. The van der Waals surface area contributed by atoms with Crippen LogP contribution in [0.15, 0.2) is 0 Å². The summed E-state index contributed by atoms with van der Waals surface area (Å²) >= 11 is 0. The van der Waals surface area contributed by atoms with E-state index >= 15 is 0 Å². The maximum Gasteiger partial charge on any atom is 0.190 e. The zero-order valence-electron chi connectivity index (χ0n) is 12.5. The molecule has 3 aliphatic heterocycles. The van der Waals surface area contributed by atoms with E-state index in [1.807, 2.05) is 27.7 Å². The van der Waals surface area contributed by atoms with Crippen molar-refractivity contribution >= 4 is 0 Å². The molecule has 2 unspecified atom stereocenters. The van der Waals surface area contributed by atoms with Gasteiger partial charge < -0.3 is 28.8 Å². The van der Waals surface area contributed by atoms with Gasteiger partial charge in [-0.2, -0.15) is 0 Å². The first-order chi connectivity index (χ1) is 9.40. The molecule has 0 aliphatic carbocycles. The average Bonchev–Trinajstić information content (AvgIpc) is 3.05. The zero-order chi connectivity index (χ0) is 14.5. The Morgan fingerprint density at radius 1 is 1.00 bits per heavy atom. The van der Waals surface area contributed by atoms with Gasteiger partial charge in [0.1, 0.15) is 24.4 Å². The van der Waals surface area contributed by atoms with Crippen molar-refractivity contribution in [3.8, 4) is 0 Å². The molecule has 20 heavy (non-hydrogen) atoms. The molecular formula is C14H24O6. The predicted molar refractivity (Wildman–Crippen MR) is 68.8 cm³/mol. The summed E-state index contributed by atoms with van der Waals surface area (Å²) in [5.74, 6) is -1.27. The number of hydrogen-bond acceptors (Lipinski definition) is 6. The van der Waals surface area contributed by atoms with Gasteiger partial charge in [0.05, 0.1) is 6.61 Å². The summed E-state index contributed by atoms with van der Waals surface area (Å²) in [5, 5.41) is 10.4. The molecule has 3 fully saturated rings. The van der Waals surface area contributed by atoms with Gasteiger partial charge in [-0.15, -0.1) is 0 Å². The van der Waals surface area contributed by atoms with Gasteiger partial charge in [-0.25, -0.2) is 0 Å². The minimum Gasteiger partial charge on any atom is -0.387 e. The Bertz CT molecular complexity index is 377. The number of rotatable bonds is 3. The van der Waals surface area contributed by atoms with E-state index in [4.69, 9.17) is 23.7 Å². The molecule has 0 radical (unpaired) electrons. The fourth-order valence-electron chi connectivity index (χ4n) is 2.91. The van der Waals surface area contributed by atoms with Gasteiger partial charge in [0.25, 0.3) is 0 Å². The van der Waals surface area contributed by atoms with Gasteiger partial charge in [-0.05, 0) is 26.7 Å². The SMILES string of the molecule is CCC1(C)O[C@H]2O[C@H]([C@H]3COC(C)(CC)O3)[C@H](O)[C@H]2O1. The van der Waals surface area contributed by atoms with E-state index < -0.39 is 36.2 Å². The van der Waals surface area contributed by atoms with Crippen LogP contribution in [-0.4, -0.2) is 54.0 Å². The minimum atomic E-state index is -0.763. The molecule has 3 saturated heterocycles. The van der Waals surface area contributed by atoms with E-state index in [0.29, 0.717) is 13.0 Å². The first-order valence-corrected chi connectivity index (χ1v) is 7.40. The van der Waals surface area contributed by atoms with Gasteiger partial charge >= 0.3 is 0 Å². The molecular weight excluding hydrogens is 264 g/mol. The molecule has 0 aromatic carbocycles. The summed E-state index contributed by atoms with van der Waals surface area (Å²) in [7, 11) is 0. The standard InChI is InChI=1S/C14H24O6/c1-5-13(3)16-7-8(18-13)10-9(15)11-12(17-10)20-14(4,6-2)19-11/h8-12,15H,5-7H2,1-4H3/t8-,9+,10-,11-,12-,13?,14?/m1/s1. The lowest BCUT2D eigenvalue weighted by Gasteiger charge is -2.28. The topological polar surface area (TPSA) is 66.4 Å². The predicted octanol–water partition coefficient (Wildman–Crippen LogP) is 1.16. The molecule has 7 atom stereocenters. The summed E-state index contributed by atoms with van der Waals surface area (Å²) in [6.45, 7) is 8.15. The highest BCUT2D eigenvalue weighted by molar-refractivity contribution is 4.98. The third-order valence-electron chi connectivity index (χ3n) is 4.59. The lowest BCUT2D eigenvalue weighted by molar-refractivity contribution is -0.241. The Hall–Kier alpha value is -0.240. The first kappa shape index (κ1) is 14.7. The van der Waals surface area contributed by atoms with Crippen LogP contribution in [0.1, 0.15) is 40.5 Å². The molecule has 116 valence electrons. The Morgan fingerprint density at radius 3 is 2.25 bits per heavy atom. The molecule has 6 heteroatoms.